The van der Waals surface area contributed by atoms with Gasteiger partial charge in [0.2, 0.25) is 0 Å². The van der Waals surface area contributed by atoms with Crippen molar-refractivity contribution in [2.45, 2.75) is 26.4 Å². The van der Waals surface area contributed by atoms with Crippen molar-refractivity contribution in [2.24, 2.45) is 0 Å². The quantitative estimate of drug-likeness (QED) is 0.789. The van der Waals surface area contributed by atoms with E-state index in [-0.39, 0.29) is 0 Å². The van der Waals surface area contributed by atoms with Gasteiger partial charge in [-0.3, -0.25) is 0 Å². The van der Waals surface area contributed by atoms with E-state index < -0.39 is 0 Å². The molecule has 0 bridgehead atoms. The van der Waals surface area contributed by atoms with Gasteiger partial charge in [-0.2, -0.15) is 5.10 Å². The summed E-state index contributed by atoms with van der Waals surface area (Å²) < 4.78 is 1.90. The van der Waals surface area contributed by atoms with Gasteiger partial charge in [0.15, 0.2) is 5.65 Å². The minimum Gasteiger partial charge on any atom is -0.367 e. The van der Waals surface area contributed by atoms with Crippen LogP contribution in [0.4, 0.5) is 5.82 Å². The highest BCUT2D eigenvalue weighted by Crippen LogP contribution is 2.19. The zero-order valence-electron chi connectivity index (χ0n) is 11.6. The average molecular weight is 267 g/mol. The molecule has 102 valence electrons. The molecule has 0 saturated heterocycles. The predicted octanol–water partition coefficient (Wildman–Crippen LogP) is 2.69. The molecule has 0 fully saturated rings. The van der Waals surface area contributed by atoms with Crippen molar-refractivity contribution in [3.8, 4) is 0 Å². The summed E-state index contributed by atoms with van der Waals surface area (Å²) in [6.07, 6.45) is 3.40. The summed E-state index contributed by atoms with van der Waals surface area (Å²) in [5.74, 6) is 0.837. The Kier molecular flexibility index (Phi) is 3.33. The summed E-state index contributed by atoms with van der Waals surface area (Å²) in [6.45, 7) is 4.88. The number of hydrogen-bond acceptors (Lipinski definition) is 4. The molecular weight excluding hydrogens is 250 g/mol. The second-order valence-corrected chi connectivity index (χ2v) is 5.05. The standard InChI is InChI=1S/C15H17N5/c1-11(2)19-14-13-8-18-20(15(13)17-10-16-14)9-12-6-4-3-5-7-12/h3-8,10-11H,9H2,1-2H3,(H,16,17,19). The van der Waals surface area contributed by atoms with E-state index in [0.717, 1.165) is 16.9 Å². The van der Waals surface area contributed by atoms with Crippen LogP contribution in [0.2, 0.25) is 0 Å². The third kappa shape index (κ3) is 2.47. The molecule has 1 aromatic carbocycles. The lowest BCUT2D eigenvalue weighted by Crippen LogP contribution is -2.11. The fourth-order valence-corrected chi connectivity index (χ4v) is 2.15. The molecule has 5 heteroatoms. The van der Waals surface area contributed by atoms with Crippen LogP contribution in [0, 0.1) is 0 Å². The molecule has 0 aliphatic carbocycles. The highest BCUT2D eigenvalue weighted by molar-refractivity contribution is 5.86. The molecule has 3 rings (SSSR count). The minimum absolute atomic E-state index is 0.325. The summed E-state index contributed by atoms with van der Waals surface area (Å²) in [4.78, 5) is 8.65. The van der Waals surface area contributed by atoms with Gasteiger partial charge in [0, 0.05) is 6.04 Å². The van der Waals surface area contributed by atoms with Gasteiger partial charge in [0.05, 0.1) is 18.1 Å². The first-order valence-electron chi connectivity index (χ1n) is 6.71. The van der Waals surface area contributed by atoms with E-state index >= 15 is 0 Å². The topological polar surface area (TPSA) is 55.6 Å². The monoisotopic (exact) mass is 267 g/mol. The maximum Gasteiger partial charge on any atom is 0.163 e. The lowest BCUT2D eigenvalue weighted by molar-refractivity contribution is 0.703. The van der Waals surface area contributed by atoms with Gasteiger partial charge < -0.3 is 5.32 Å². The van der Waals surface area contributed by atoms with Gasteiger partial charge >= 0.3 is 0 Å². The lowest BCUT2D eigenvalue weighted by atomic mass is 10.2. The number of benzene rings is 1. The van der Waals surface area contributed by atoms with Gasteiger partial charge in [-0.05, 0) is 19.4 Å². The summed E-state index contributed by atoms with van der Waals surface area (Å²) in [5, 5.41) is 8.71. The molecule has 0 saturated carbocycles. The fraction of sp³-hybridized carbons (Fsp3) is 0.267. The Hall–Kier alpha value is -2.43. The van der Waals surface area contributed by atoms with Crippen molar-refractivity contribution >= 4 is 16.9 Å². The average Bonchev–Trinajstić information content (AvgIpc) is 2.84. The maximum atomic E-state index is 4.43. The van der Waals surface area contributed by atoms with Crippen LogP contribution in [0.15, 0.2) is 42.9 Å². The molecule has 2 aromatic heterocycles. The summed E-state index contributed by atoms with van der Waals surface area (Å²) in [6, 6.07) is 10.6. The first-order valence-corrected chi connectivity index (χ1v) is 6.71. The highest BCUT2D eigenvalue weighted by atomic mass is 15.3. The van der Waals surface area contributed by atoms with Gasteiger partial charge in [-0.15, -0.1) is 0 Å². The number of fused-ring (bicyclic) bond motifs is 1. The van der Waals surface area contributed by atoms with E-state index in [4.69, 9.17) is 0 Å². The third-order valence-corrected chi connectivity index (χ3v) is 3.03. The SMILES string of the molecule is CC(C)Nc1ncnc2c1cnn2Cc1ccccc1. The van der Waals surface area contributed by atoms with Crippen LogP contribution in [0.5, 0.6) is 0 Å². The Balaban J connectivity index is 1.97. The zero-order valence-corrected chi connectivity index (χ0v) is 11.6. The normalized spacial score (nSPS) is 11.2. The van der Waals surface area contributed by atoms with Crippen molar-refractivity contribution in [1.29, 1.82) is 0 Å². The molecule has 20 heavy (non-hydrogen) atoms. The van der Waals surface area contributed by atoms with Crippen LogP contribution in [0.1, 0.15) is 19.4 Å². The Morgan fingerprint density at radius 1 is 1.15 bits per heavy atom. The molecule has 0 radical (unpaired) electrons. The van der Waals surface area contributed by atoms with Crippen LogP contribution in [-0.4, -0.2) is 25.8 Å². The molecule has 0 aliphatic rings. The summed E-state index contributed by atoms with van der Waals surface area (Å²) in [5.41, 5.74) is 2.06. The number of hydrogen-bond donors (Lipinski definition) is 1. The molecule has 2 heterocycles. The van der Waals surface area contributed by atoms with Crippen molar-refractivity contribution in [1.82, 2.24) is 19.7 Å². The molecule has 0 unspecified atom stereocenters. The van der Waals surface area contributed by atoms with Crippen LogP contribution in [-0.2, 0) is 6.54 Å². The minimum atomic E-state index is 0.325. The number of nitrogens with one attached hydrogen (secondary N) is 1. The Bertz CT molecular complexity index is 703. The Morgan fingerprint density at radius 2 is 1.95 bits per heavy atom. The van der Waals surface area contributed by atoms with E-state index in [1.807, 2.05) is 29.1 Å². The highest BCUT2D eigenvalue weighted by Gasteiger charge is 2.10. The smallest absolute Gasteiger partial charge is 0.163 e. The number of aromatic nitrogens is 4. The van der Waals surface area contributed by atoms with Crippen molar-refractivity contribution < 1.29 is 0 Å². The molecule has 0 atom stereocenters. The predicted molar refractivity (Wildman–Crippen MR) is 79.6 cm³/mol. The first-order chi connectivity index (χ1) is 9.74. The van der Waals surface area contributed by atoms with E-state index in [1.165, 1.54) is 5.56 Å². The van der Waals surface area contributed by atoms with Crippen LogP contribution in [0.3, 0.4) is 0 Å². The van der Waals surface area contributed by atoms with E-state index in [0.29, 0.717) is 12.6 Å². The van der Waals surface area contributed by atoms with Gasteiger partial charge in [-0.25, -0.2) is 14.6 Å². The largest absolute Gasteiger partial charge is 0.367 e. The molecule has 3 aromatic rings. The third-order valence-electron chi connectivity index (χ3n) is 3.03. The summed E-state index contributed by atoms with van der Waals surface area (Å²) >= 11 is 0. The number of rotatable bonds is 4. The van der Waals surface area contributed by atoms with Gasteiger partial charge in [0.1, 0.15) is 12.1 Å². The molecule has 0 aliphatic heterocycles. The van der Waals surface area contributed by atoms with E-state index in [2.05, 4.69) is 46.4 Å². The number of anilines is 1. The van der Waals surface area contributed by atoms with Gasteiger partial charge in [-0.1, -0.05) is 30.3 Å². The van der Waals surface area contributed by atoms with Crippen molar-refractivity contribution in [3.05, 3.63) is 48.4 Å². The Morgan fingerprint density at radius 3 is 2.70 bits per heavy atom. The van der Waals surface area contributed by atoms with Crippen molar-refractivity contribution in [2.75, 3.05) is 5.32 Å². The molecule has 0 amide bonds. The molecule has 1 N–H and O–H groups in total. The molecule has 5 nitrogen and oxygen atoms in total. The van der Waals surface area contributed by atoms with E-state index in [9.17, 15) is 0 Å². The van der Waals surface area contributed by atoms with Crippen molar-refractivity contribution in [3.63, 3.8) is 0 Å². The second-order valence-electron chi connectivity index (χ2n) is 5.05. The zero-order chi connectivity index (χ0) is 13.9. The van der Waals surface area contributed by atoms with Gasteiger partial charge in [0.25, 0.3) is 0 Å². The lowest BCUT2D eigenvalue weighted by Gasteiger charge is -2.09. The molecule has 0 spiro atoms. The maximum absolute atomic E-state index is 4.43. The van der Waals surface area contributed by atoms with Crippen LogP contribution in [0.25, 0.3) is 11.0 Å². The Labute approximate surface area is 117 Å². The molecular formula is C15H17N5. The summed E-state index contributed by atoms with van der Waals surface area (Å²) in [7, 11) is 0. The van der Waals surface area contributed by atoms with Crippen LogP contribution < -0.4 is 5.32 Å². The first kappa shape index (κ1) is 12.6. The fourth-order valence-electron chi connectivity index (χ4n) is 2.15. The van der Waals surface area contributed by atoms with E-state index in [1.54, 1.807) is 6.33 Å². The number of nitrogens with zero attached hydrogens (tertiary/aromatic N) is 4. The van der Waals surface area contributed by atoms with Crippen LogP contribution >= 0.6 is 0 Å². The second kappa shape index (κ2) is 5.28.